The first-order chi connectivity index (χ1) is 12.4. The fourth-order valence-electron chi connectivity index (χ4n) is 2.83. The van der Waals surface area contributed by atoms with E-state index in [1.54, 1.807) is 0 Å². The van der Waals surface area contributed by atoms with Crippen LogP contribution in [-0.2, 0) is 17.3 Å². The van der Waals surface area contributed by atoms with Crippen LogP contribution in [0.4, 0.5) is 20.8 Å². The van der Waals surface area contributed by atoms with Crippen LogP contribution < -0.4 is 0 Å². The Bertz CT molecular complexity index is 898. The quantitative estimate of drug-likeness (QED) is 0.165. The zero-order chi connectivity index (χ0) is 19.8. The molecule has 0 saturated heterocycles. The maximum atomic E-state index is 9.91. The Balaban J connectivity index is 0.000000260. The van der Waals surface area contributed by atoms with Gasteiger partial charge in [0.1, 0.15) is 0 Å². The van der Waals surface area contributed by atoms with Gasteiger partial charge in [0.15, 0.2) is 14.7 Å². The van der Waals surface area contributed by atoms with Crippen molar-refractivity contribution < 1.29 is 20.8 Å². The number of rotatable bonds is 1. The van der Waals surface area contributed by atoms with Gasteiger partial charge in [-0.2, -0.15) is 0 Å². The Hall–Kier alpha value is -1.85. The predicted octanol–water partition coefficient (Wildman–Crippen LogP) is 6.83. The Morgan fingerprint density at radius 3 is 1.37 bits per heavy atom. The number of hydrogen-bond donors (Lipinski definition) is 0. The van der Waals surface area contributed by atoms with Crippen molar-refractivity contribution in [3.05, 3.63) is 90.0 Å². The van der Waals surface area contributed by atoms with Gasteiger partial charge in [0.2, 0.25) is 0 Å². The molecule has 0 aromatic heterocycles. The molecule has 1 aliphatic heterocycles. The summed E-state index contributed by atoms with van der Waals surface area (Å²) in [5.74, 6) is 0. The molecule has 1 heterocycles. The number of benzene rings is 3. The summed E-state index contributed by atoms with van der Waals surface area (Å²) >= 11 is -11.1. The molecule has 144 valence electrons. The summed E-state index contributed by atoms with van der Waals surface area (Å²) in [7, 11) is 0.0421. The van der Waals surface area contributed by atoms with Gasteiger partial charge in [0.25, 0.3) is 0 Å². The van der Waals surface area contributed by atoms with Crippen molar-refractivity contribution in [1.82, 2.24) is 0 Å². The van der Waals surface area contributed by atoms with Crippen LogP contribution >= 0.6 is 0 Å². The molecule has 0 nitrogen and oxygen atoms in total. The van der Waals surface area contributed by atoms with E-state index in [1.165, 1.54) is 25.8 Å². The molecule has 0 fully saturated rings. The van der Waals surface area contributed by atoms with Crippen molar-refractivity contribution in [2.75, 3.05) is 0 Å². The fourth-order valence-corrected chi connectivity index (χ4v) is 5.24. The normalized spacial score (nSPS) is 16.1. The second-order valence-corrected chi connectivity index (χ2v) is 12.0. The van der Waals surface area contributed by atoms with Crippen LogP contribution in [0.5, 0.6) is 0 Å². The van der Waals surface area contributed by atoms with E-state index in [4.69, 9.17) is 0 Å². The molecule has 3 aromatic carbocycles. The van der Waals surface area contributed by atoms with Crippen molar-refractivity contribution in [1.29, 1.82) is 0 Å². The molecule has 27 heavy (non-hydrogen) atoms. The summed E-state index contributed by atoms with van der Waals surface area (Å²) in [6.45, 7) is 0. The topological polar surface area (TPSA) is 0 Å². The molecular weight excluding hydrogens is 449 g/mol. The average molecular weight is 464 g/mol. The Morgan fingerprint density at radius 1 is 0.556 bits per heavy atom. The van der Waals surface area contributed by atoms with Crippen molar-refractivity contribution in [3.8, 4) is 0 Å². The molecule has 0 radical (unpaired) electrons. The van der Waals surface area contributed by atoms with Gasteiger partial charge in [-0.1, -0.05) is 54.6 Å². The molecule has 0 unspecified atom stereocenters. The van der Waals surface area contributed by atoms with Crippen molar-refractivity contribution in [2.24, 2.45) is 0 Å². The molecule has 0 aliphatic carbocycles. The van der Waals surface area contributed by atoms with Crippen molar-refractivity contribution in [3.63, 3.8) is 0 Å². The maximum absolute atomic E-state index is 11.1. The smallest absolute Gasteiger partial charge is 0.0619 e. The van der Waals surface area contributed by atoms with Gasteiger partial charge in [0, 0.05) is 17.5 Å². The molecule has 3 aromatic rings. The molecule has 0 spiro atoms. The van der Waals surface area contributed by atoms with E-state index < -0.39 is 14.2 Å². The van der Waals surface area contributed by atoms with Crippen molar-refractivity contribution >= 4 is 25.1 Å². The number of fused-ring (bicyclic) bond motifs is 2. The fraction of sp³-hybridized carbons (Fsp3) is 0.0526. The van der Waals surface area contributed by atoms with Crippen LogP contribution in [0.15, 0.2) is 93.5 Å². The summed E-state index contributed by atoms with van der Waals surface area (Å²) in [6.07, 6.45) is 1.06. The van der Waals surface area contributed by atoms with Gasteiger partial charge >= 0.3 is 35.0 Å². The van der Waals surface area contributed by atoms with E-state index in [1.807, 2.05) is 0 Å². The molecule has 1 aliphatic rings. The first-order valence-corrected chi connectivity index (χ1v) is 13.4. The van der Waals surface area contributed by atoms with Crippen LogP contribution in [0.25, 0.3) is 0 Å². The van der Waals surface area contributed by atoms with Gasteiger partial charge in [-0.3, -0.25) is 0 Å². The van der Waals surface area contributed by atoms with Crippen molar-refractivity contribution in [2.45, 2.75) is 21.1 Å². The van der Waals surface area contributed by atoms with Gasteiger partial charge in [-0.15, -0.1) is 0 Å². The standard InChI is InChI=1S/C19H15S.AsF6/c1-2-10-17(11-3-1)20-18-12-6-4-8-15(18)14-16-9-5-7-13-19(16)20;2-1(3,4,5,6)7/h1-13H,14H2;/q+1;-1. The molecule has 0 atom stereocenters. The van der Waals surface area contributed by atoms with E-state index in [2.05, 4.69) is 78.9 Å². The first kappa shape index (κ1) is 19.9. The minimum atomic E-state index is -11.1. The van der Waals surface area contributed by atoms with Gasteiger partial charge in [0.05, 0.1) is 10.9 Å². The minimum absolute atomic E-state index is 0.0421. The molecule has 0 amide bonds. The van der Waals surface area contributed by atoms with Crippen LogP contribution in [-0.4, -0.2) is 14.2 Å². The summed E-state index contributed by atoms with van der Waals surface area (Å²) in [6, 6.07) is 28.6. The molecule has 8 heteroatoms. The van der Waals surface area contributed by atoms with E-state index >= 15 is 0 Å². The molecule has 4 rings (SSSR count). The number of hydrogen-bond acceptors (Lipinski definition) is 0. The van der Waals surface area contributed by atoms with Gasteiger partial charge in [-0.25, -0.2) is 0 Å². The number of halogens is 6. The third kappa shape index (κ3) is 6.08. The third-order valence-electron chi connectivity index (χ3n) is 3.74. The summed E-state index contributed by atoms with van der Waals surface area (Å²) < 4.78 is 59.4. The minimum Gasteiger partial charge on any atom is -0.0619 e. The zero-order valence-corrected chi connectivity index (χ0v) is 16.5. The monoisotopic (exact) mass is 464 g/mol. The summed E-state index contributed by atoms with van der Waals surface area (Å²) in [5.41, 5.74) is 2.94. The second kappa shape index (κ2) is 6.35. The molecule has 0 saturated carbocycles. The SMILES string of the molecule is F[As-](F)(F)(F)(F)F.c1ccc([S+]2c3ccccc3Cc3ccccc32)cc1. The van der Waals surface area contributed by atoms with Crippen LogP contribution in [0, 0.1) is 0 Å². The van der Waals surface area contributed by atoms with Gasteiger partial charge in [-0.05, 0) is 24.3 Å². The van der Waals surface area contributed by atoms with Gasteiger partial charge < -0.3 is 0 Å². The van der Waals surface area contributed by atoms with Crippen LogP contribution in [0.1, 0.15) is 11.1 Å². The zero-order valence-electron chi connectivity index (χ0n) is 13.8. The third-order valence-corrected chi connectivity index (χ3v) is 6.16. The summed E-state index contributed by atoms with van der Waals surface area (Å²) in [5, 5.41) is 0. The largest absolute Gasteiger partial charge is 0.170 e. The molecular formula is C19H15AsF6S. The Morgan fingerprint density at radius 2 is 0.926 bits per heavy atom. The Labute approximate surface area is 157 Å². The maximum Gasteiger partial charge on any atom is 0.170 e. The van der Waals surface area contributed by atoms with E-state index in [0.29, 0.717) is 0 Å². The summed E-state index contributed by atoms with van der Waals surface area (Å²) in [4.78, 5) is 4.38. The second-order valence-electron chi connectivity index (χ2n) is 5.97. The molecule has 0 N–H and O–H groups in total. The first-order valence-electron chi connectivity index (χ1n) is 7.90. The van der Waals surface area contributed by atoms with E-state index in [0.717, 1.165) is 6.42 Å². The average Bonchev–Trinajstić information content (AvgIpc) is 2.57. The van der Waals surface area contributed by atoms with Crippen LogP contribution in [0.3, 0.4) is 0 Å². The molecule has 0 bridgehead atoms. The predicted molar refractivity (Wildman–Crippen MR) is 96.7 cm³/mol. The van der Waals surface area contributed by atoms with Crippen LogP contribution in [0.2, 0.25) is 0 Å². The van der Waals surface area contributed by atoms with E-state index in [-0.39, 0.29) is 10.9 Å². The van der Waals surface area contributed by atoms with E-state index in [9.17, 15) is 20.8 Å². The Kier molecular flexibility index (Phi) is 4.68.